The number of pyridine rings is 1. The minimum absolute atomic E-state index is 0.442. The van der Waals surface area contributed by atoms with Crippen LogP contribution in [-0.4, -0.2) is 4.98 Å². The number of thiophene rings is 1. The molecule has 86 valence electrons. The van der Waals surface area contributed by atoms with E-state index in [1.165, 1.54) is 10.4 Å². The molecule has 2 heterocycles. The first-order valence-corrected chi connectivity index (χ1v) is 6.37. The highest BCUT2D eigenvalue weighted by Gasteiger charge is 2.02. The maximum absolute atomic E-state index is 8.76. The van der Waals surface area contributed by atoms with E-state index in [1.54, 1.807) is 17.4 Å². The van der Waals surface area contributed by atoms with Crippen LogP contribution in [0.1, 0.15) is 23.1 Å². The number of nitrogens with zero attached hydrogens (tertiary/aromatic N) is 2. The fourth-order valence-electron chi connectivity index (χ4n) is 1.60. The number of rotatable bonds is 4. The van der Waals surface area contributed by atoms with Crippen molar-refractivity contribution in [3.63, 3.8) is 0 Å². The van der Waals surface area contributed by atoms with E-state index in [0.29, 0.717) is 5.69 Å². The van der Waals surface area contributed by atoms with Crippen LogP contribution in [0.4, 0.5) is 5.82 Å². The Morgan fingerprint density at radius 2 is 2.29 bits per heavy atom. The minimum atomic E-state index is 0.442. The van der Waals surface area contributed by atoms with Crippen LogP contribution in [0.3, 0.4) is 0 Å². The summed E-state index contributed by atoms with van der Waals surface area (Å²) in [5, 5.41) is 14.1. The number of hydrogen-bond acceptors (Lipinski definition) is 4. The van der Waals surface area contributed by atoms with E-state index >= 15 is 0 Å². The SMILES string of the molecule is CCc1ccsc1CNc1cccc(C#N)n1. The van der Waals surface area contributed by atoms with Crippen LogP contribution in [0.5, 0.6) is 0 Å². The Hall–Kier alpha value is -1.86. The average molecular weight is 243 g/mol. The van der Waals surface area contributed by atoms with E-state index in [4.69, 9.17) is 5.26 Å². The van der Waals surface area contributed by atoms with Crippen LogP contribution in [-0.2, 0) is 13.0 Å². The topological polar surface area (TPSA) is 48.7 Å². The summed E-state index contributed by atoms with van der Waals surface area (Å²) >= 11 is 1.75. The van der Waals surface area contributed by atoms with E-state index < -0.39 is 0 Å². The molecular formula is C13H13N3S. The standard InChI is InChI=1S/C13H13N3S/c1-2-10-6-7-17-12(10)9-15-13-5-3-4-11(8-14)16-13/h3-7H,2,9H2,1H3,(H,15,16). The summed E-state index contributed by atoms with van der Waals surface area (Å²) in [6.45, 7) is 2.92. The summed E-state index contributed by atoms with van der Waals surface area (Å²) < 4.78 is 0. The molecule has 0 radical (unpaired) electrons. The lowest BCUT2D eigenvalue weighted by Crippen LogP contribution is -2.02. The van der Waals surface area contributed by atoms with E-state index in [9.17, 15) is 0 Å². The summed E-state index contributed by atoms with van der Waals surface area (Å²) in [5.41, 5.74) is 1.82. The lowest BCUT2D eigenvalue weighted by atomic mass is 10.2. The molecule has 0 atom stereocenters. The summed E-state index contributed by atoms with van der Waals surface area (Å²) in [5.74, 6) is 0.750. The number of hydrogen-bond donors (Lipinski definition) is 1. The molecule has 1 N–H and O–H groups in total. The Bertz CT molecular complexity index is 540. The highest BCUT2D eigenvalue weighted by atomic mass is 32.1. The van der Waals surface area contributed by atoms with Crippen molar-refractivity contribution >= 4 is 17.2 Å². The molecule has 0 amide bonds. The second kappa shape index (κ2) is 5.46. The van der Waals surface area contributed by atoms with E-state index in [-0.39, 0.29) is 0 Å². The van der Waals surface area contributed by atoms with Crippen LogP contribution in [0.2, 0.25) is 0 Å². The highest BCUT2D eigenvalue weighted by Crippen LogP contribution is 2.18. The Morgan fingerprint density at radius 1 is 1.41 bits per heavy atom. The van der Waals surface area contributed by atoms with Gasteiger partial charge in [-0.2, -0.15) is 5.26 Å². The van der Waals surface area contributed by atoms with Crippen LogP contribution in [0.25, 0.3) is 0 Å². The molecule has 0 aliphatic carbocycles. The molecule has 2 aromatic rings. The number of aryl methyl sites for hydroxylation is 1. The Morgan fingerprint density at radius 3 is 3.06 bits per heavy atom. The normalized spacial score (nSPS) is 9.88. The van der Waals surface area contributed by atoms with Gasteiger partial charge in [-0.3, -0.25) is 0 Å². The van der Waals surface area contributed by atoms with Gasteiger partial charge in [0.2, 0.25) is 0 Å². The van der Waals surface area contributed by atoms with Gasteiger partial charge in [0.1, 0.15) is 17.6 Å². The molecule has 0 saturated heterocycles. The Balaban J connectivity index is 2.05. The van der Waals surface area contributed by atoms with Gasteiger partial charge in [0.05, 0.1) is 6.54 Å². The number of aromatic nitrogens is 1. The van der Waals surface area contributed by atoms with Crippen LogP contribution < -0.4 is 5.32 Å². The molecule has 0 saturated carbocycles. The lowest BCUT2D eigenvalue weighted by Gasteiger charge is -2.05. The van der Waals surface area contributed by atoms with Crippen molar-refractivity contribution in [1.29, 1.82) is 5.26 Å². The van der Waals surface area contributed by atoms with Gasteiger partial charge in [0.25, 0.3) is 0 Å². The zero-order chi connectivity index (χ0) is 12.1. The van der Waals surface area contributed by atoms with Crippen molar-refractivity contribution in [1.82, 2.24) is 4.98 Å². The number of nitrogens with one attached hydrogen (secondary N) is 1. The minimum Gasteiger partial charge on any atom is -0.365 e. The smallest absolute Gasteiger partial charge is 0.142 e. The second-order valence-corrected chi connectivity index (χ2v) is 4.60. The molecule has 3 nitrogen and oxygen atoms in total. The summed E-state index contributed by atoms with van der Waals surface area (Å²) in [6, 6.07) is 9.60. The third-order valence-electron chi connectivity index (χ3n) is 2.51. The van der Waals surface area contributed by atoms with Gasteiger partial charge >= 0.3 is 0 Å². The maximum atomic E-state index is 8.76. The number of nitriles is 1. The van der Waals surface area contributed by atoms with Crippen LogP contribution in [0, 0.1) is 11.3 Å². The van der Waals surface area contributed by atoms with Gasteiger partial charge in [-0.1, -0.05) is 13.0 Å². The first-order valence-electron chi connectivity index (χ1n) is 5.49. The predicted molar refractivity (Wildman–Crippen MR) is 70.0 cm³/mol. The summed E-state index contributed by atoms with van der Waals surface area (Å²) in [6.07, 6.45) is 1.05. The van der Waals surface area contributed by atoms with Crippen molar-refractivity contribution in [2.75, 3.05) is 5.32 Å². The predicted octanol–water partition coefficient (Wildman–Crippen LogP) is 3.19. The van der Waals surface area contributed by atoms with E-state index in [2.05, 4.69) is 28.7 Å². The molecule has 0 fully saturated rings. The fraction of sp³-hybridized carbons (Fsp3) is 0.231. The van der Waals surface area contributed by atoms with Crippen molar-refractivity contribution in [2.45, 2.75) is 19.9 Å². The third kappa shape index (κ3) is 2.83. The second-order valence-electron chi connectivity index (χ2n) is 3.60. The van der Waals surface area contributed by atoms with E-state index in [1.807, 2.05) is 18.2 Å². The van der Waals surface area contributed by atoms with Crippen molar-refractivity contribution in [2.24, 2.45) is 0 Å². The molecule has 0 unspecified atom stereocenters. The van der Waals surface area contributed by atoms with Gasteiger partial charge in [-0.25, -0.2) is 4.98 Å². The fourth-order valence-corrected chi connectivity index (χ4v) is 2.52. The third-order valence-corrected chi connectivity index (χ3v) is 3.48. The van der Waals surface area contributed by atoms with Crippen LogP contribution in [0.15, 0.2) is 29.6 Å². The van der Waals surface area contributed by atoms with Crippen molar-refractivity contribution in [3.05, 3.63) is 45.8 Å². The molecule has 0 spiro atoms. The largest absolute Gasteiger partial charge is 0.365 e. The Labute approximate surface area is 105 Å². The van der Waals surface area contributed by atoms with Crippen molar-refractivity contribution < 1.29 is 0 Å². The van der Waals surface area contributed by atoms with Gasteiger partial charge in [0, 0.05) is 4.88 Å². The number of anilines is 1. The Kier molecular flexibility index (Phi) is 3.73. The monoisotopic (exact) mass is 243 g/mol. The molecule has 0 aliphatic rings. The molecule has 4 heteroatoms. The molecule has 0 aliphatic heterocycles. The highest BCUT2D eigenvalue weighted by molar-refractivity contribution is 7.10. The quantitative estimate of drug-likeness (QED) is 0.897. The first-order chi connectivity index (χ1) is 8.33. The molecule has 2 aromatic heterocycles. The summed E-state index contributed by atoms with van der Waals surface area (Å²) in [4.78, 5) is 5.51. The molecular weight excluding hydrogens is 230 g/mol. The molecule has 0 aromatic carbocycles. The van der Waals surface area contributed by atoms with Gasteiger partial charge in [-0.15, -0.1) is 11.3 Å². The van der Waals surface area contributed by atoms with E-state index in [0.717, 1.165) is 18.8 Å². The zero-order valence-corrected chi connectivity index (χ0v) is 10.4. The molecule has 2 rings (SSSR count). The van der Waals surface area contributed by atoms with Gasteiger partial charge < -0.3 is 5.32 Å². The first kappa shape index (κ1) is 11.6. The maximum Gasteiger partial charge on any atom is 0.142 e. The van der Waals surface area contributed by atoms with Gasteiger partial charge in [-0.05, 0) is 35.6 Å². The molecule has 17 heavy (non-hydrogen) atoms. The van der Waals surface area contributed by atoms with Crippen molar-refractivity contribution in [3.8, 4) is 6.07 Å². The average Bonchev–Trinajstić information content (AvgIpc) is 2.84. The van der Waals surface area contributed by atoms with Gasteiger partial charge in [0.15, 0.2) is 0 Å². The lowest BCUT2D eigenvalue weighted by molar-refractivity contribution is 1.06. The summed E-state index contributed by atoms with van der Waals surface area (Å²) in [7, 11) is 0. The zero-order valence-electron chi connectivity index (χ0n) is 9.60. The molecule has 0 bridgehead atoms. The van der Waals surface area contributed by atoms with Crippen LogP contribution >= 0.6 is 11.3 Å².